The zero-order chi connectivity index (χ0) is 12.3. The Balaban J connectivity index is 1.95. The molecule has 1 atom stereocenters. The first-order valence-electron chi connectivity index (χ1n) is 6.12. The molecule has 17 heavy (non-hydrogen) atoms. The van der Waals surface area contributed by atoms with Crippen LogP contribution < -0.4 is 5.32 Å². The van der Waals surface area contributed by atoms with Gasteiger partial charge in [-0.25, -0.2) is 0 Å². The third-order valence-corrected chi connectivity index (χ3v) is 3.49. The zero-order valence-electron chi connectivity index (χ0n) is 10.1. The summed E-state index contributed by atoms with van der Waals surface area (Å²) < 4.78 is 5.40. The van der Waals surface area contributed by atoms with Crippen LogP contribution in [0.3, 0.4) is 0 Å². The van der Waals surface area contributed by atoms with E-state index < -0.39 is 0 Å². The minimum atomic E-state index is -0.0565. The third kappa shape index (κ3) is 2.67. The predicted molar refractivity (Wildman–Crippen MR) is 67.5 cm³/mol. The van der Waals surface area contributed by atoms with Gasteiger partial charge >= 0.3 is 5.97 Å². The molecule has 1 fully saturated rings. The molecule has 1 aliphatic carbocycles. The first-order chi connectivity index (χ1) is 8.24. The van der Waals surface area contributed by atoms with Gasteiger partial charge in [-0.15, -0.1) is 0 Å². The summed E-state index contributed by atoms with van der Waals surface area (Å²) in [6.07, 6.45) is 6.28. The van der Waals surface area contributed by atoms with Gasteiger partial charge in [0.1, 0.15) is 6.10 Å². The van der Waals surface area contributed by atoms with Gasteiger partial charge in [0.2, 0.25) is 0 Å². The third-order valence-electron chi connectivity index (χ3n) is 3.49. The van der Waals surface area contributed by atoms with Gasteiger partial charge < -0.3 is 10.1 Å². The molecular formula is C14H19NO2. The minimum absolute atomic E-state index is 0.00713. The van der Waals surface area contributed by atoms with Crippen molar-refractivity contribution in [3.8, 4) is 0 Å². The molecule has 2 aliphatic rings. The average molecular weight is 233 g/mol. The van der Waals surface area contributed by atoms with E-state index in [1.165, 1.54) is 5.57 Å². The standard InChI is InChI=1S/C14H19NO2/c1-3-10-5-6-12(7-11(10)4-2)14(16)17-13-8-15-9-13/h3-4,12-13,15H,1-2,5-9H2. The Morgan fingerprint density at radius 1 is 1.29 bits per heavy atom. The van der Waals surface area contributed by atoms with Crippen LogP contribution in [0.4, 0.5) is 0 Å². The quantitative estimate of drug-likeness (QED) is 0.754. The van der Waals surface area contributed by atoms with E-state index in [0.29, 0.717) is 0 Å². The van der Waals surface area contributed by atoms with Crippen LogP contribution in [0.2, 0.25) is 0 Å². The lowest BCUT2D eigenvalue weighted by Gasteiger charge is -2.30. The van der Waals surface area contributed by atoms with Crippen LogP contribution in [0, 0.1) is 5.92 Å². The van der Waals surface area contributed by atoms with Crippen molar-refractivity contribution in [3.05, 3.63) is 36.5 Å². The van der Waals surface area contributed by atoms with Gasteiger partial charge in [-0.05, 0) is 30.4 Å². The maximum atomic E-state index is 11.9. The van der Waals surface area contributed by atoms with Crippen molar-refractivity contribution in [2.45, 2.75) is 25.4 Å². The highest BCUT2D eigenvalue weighted by Gasteiger charge is 2.29. The maximum Gasteiger partial charge on any atom is 0.309 e. The summed E-state index contributed by atoms with van der Waals surface area (Å²) in [5.41, 5.74) is 2.36. The van der Waals surface area contributed by atoms with Crippen LogP contribution in [-0.4, -0.2) is 25.2 Å². The Morgan fingerprint density at radius 2 is 2.00 bits per heavy atom. The molecule has 3 nitrogen and oxygen atoms in total. The molecule has 0 aromatic rings. The van der Waals surface area contributed by atoms with E-state index in [9.17, 15) is 4.79 Å². The molecule has 1 saturated heterocycles. The molecule has 1 aliphatic heterocycles. The SMILES string of the molecule is C=CC1=C(C=C)CC(C(=O)OC2CNC2)CC1. The van der Waals surface area contributed by atoms with E-state index in [0.717, 1.165) is 37.9 Å². The highest BCUT2D eigenvalue weighted by molar-refractivity contribution is 5.73. The second kappa shape index (κ2) is 5.32. The molecule has 92 valence electrons. The molecule has 0 saturated carbocycles. The lowest BCUT2D eigenvalue weighted by molar-refractivity contribution is -0.156. The van der Waals surface area contributed by atoms with Crippen molar-refractivity contribution in [1.29, 1.82) is 0 Å². The van der Waals surface area contributed by atoms with Crippen LogP contribution in [0.15, 0.2) is 36.5 Å². The Labute approximate surface area is 102 Å². The molecule has 1 heterocycles. The summed E-state index contributed by atoms with van der Waals surface area (Å²) in [4.78, 5) is 11.9. The largest absolute Gasteiger partial charge is 0.459 e. The molecular weight excluding hydrogens is 214 g/mol. The predicted octanol–water partition coefficient (Wildman–Crippen LogP) is 1.97. The van der Waals surface area contributed by atoms with Crippen molar-refractivity contribution in [2.75, 3.05) is 13.1 Å². The maximum absolute atomic E-state index is 11.9. The van der Waals surface area contributed by atoms with Gasteiger partial charge in [-0.2, -0.15) is 0 Å². The van der Waals surface area contributed by atoms with E-state index in [2.05, 4.69) is 18.5 Å². The smallest absolute Gasteiger partial charge is 0.309 e. The summed E-state index contributed by atoms with van der Waals surface area (Å²) in [5.74, 6) is -0.0636. The number of allylic oxidation sites excluding steroid dienone is 4. The lowest BCUT2D eigenvalue weighted by Crippen LogP contribution is -2.50. The number of hydrogen-bond acceptors (Lipinski definition) is 3. The number of esters is 1. The van der Waals surface area contributed by atoms with E-state index in [-0.39, 0.29) is 18.0 Å². The van der Waals surface area contributed by atoms with Crippen molar-refractivity contribution in [2.24, 2.45) is 5.92 Å². The molecule has 2 rings (SSSR count). The fraction of sp³-hybridized carbons (Fsp3) is 0.500. The minimum Gasteiger partial charge on any atom is -0.459 e. The van der Waals surface area contributed by atoms with Gasteiger partial charge in [0, 0.05) is 13.1 Å². The van der Waals surface area contributed by atoms with E-state index in [1.54, 1.807) is 0 Å². The van der Waals surface area contributed by atoms with Crippen LogP contribution in [0.1, 0.15) is 19.3 Å². The molecule has 0 spiro atoms. The molecule has 0 amide bonds. The highest BCUT2D eigenvalue weighted by Crippen LogP contribution is 2.31. The van der Waals surface area contributed by atoms with Gasteiger partial charge in [-0.3, -0.25) is 4.79 Å². The molecule has 3 heteroatoms. The second-order valence-corrected chi connectivity index (χ2v) is 4.62. The Kier molecular flexibility index (Phi) is 3.79. The van der Waals surface area contributed by atoms with Crippen molar-refractivity contribution in [1.82, 2.24) is 5.32 Å². The number of ether oxygens (including phenoxy) is 1. The normalized spacial score (nSPS) is 25.1. The molecule has 1 unspecified atom stereocenters. The average Bonchev–Trinajstić information content (AvgIpc) is 2.32. The van der Waals surface area contributed by atoms with Gasteiger partial charge in [-0.1, -0.05) is 25.3 Å². The summed E-state index contributed by atoms with van der Waals surface area (Å²) in [6, 6.07) is 0. The van der Waals surface area contributed by atoms with E-state index >= 15 is 0 Å². The molecule has 0 aromatic heterocycles. The Bertz CT molecular complexity index is 366. The van der Waals surface area contributed by atoms with Crippen molar-refractivity contribution >= 4 is 5.97 Å². The highest BCUT2D eigenvalue weighted by atomic mass is 16.5. The second-order valence-electron chi connectivity index (χ2n) is 4.62. The van der Waals surface area contributed by atoms with Crippen molar-refractivity contribution in [3.63, 3.8) is 0 Å². The lowest BCUT2D eigenvalue weighted by atomic mass is 9.84. The van der Waals surface area contributed by atoms with Crippen LogP contribution in [-0.2, 0) is 9.53 Å². The Morgan fingerprint density at radius 3 is 2.53 bits per heavy atom. The molecule has 0 radical (unpaired) electrons. The first-order valence-corrected chi connectivity index (χ1v) is 6.12. The van der Waals surface area contributed by atoms with E-state index in [4.69, 9.17) is 4.74 Å². The summed E-state index contributed by atoms with van der Waals surface area (Å²) >= 11 is 0. The number of hydrogen-bond donors (Lipinski definition) is 1. The number of carbonyl (C=O) groups is 1. The first kappa shape index (κ1) is 12.1. The van der Waals surface area contributed by atoms with Gasteiger partial charge in [0.25, 0.3) is 0 Å². The summed E-state index contributed by atoms with van der Waals surface area (Å²) in [5, 5.41) is 3.09. The summed E-state index contributed by atoms with van der Waals surface area (Å²) in [6.45, 7) is 9.17. The van der Waals surface area contributed by atoms with Gasteiger partial charge in [0.15, 0.2) is 0 Å². The van der Waals surface area contributed by atoms with E-state index in [1.807, 2.05) is 12.2 Å². The zero-order valence-corrected chi connectivity index (χ0v) is 10.1. The fourth-order valence-corrected chi connectivity index (χ4v) is 2.24. The van der Waals surface area contributed by atoms with Gasteiger partial charge in [0.05, 0.1) is 5.92 Å². The van der Waals surface area contributed by atoms with Crippen LogP contribution in [0.25, 0.3) is 0 Å². The monoisotopic (exact) mass is 233 g/mol. The number of rotatable bonds is 4. The fourth-order valence-electron chi connectivity index (χ4n) is 2.24. The molecule has 0 aromatic carbocycles. The molecule has 1 N–H and O–H groups in total. The van der Waals surface area contributed by atoms with Crippen LogP contribution >= 0.6 is 0 Å². The van der Waals surface area contributed by atoms with Crippen LogP contribution in [0.5, 0.6) is 0 Å². The Hall–Kier alpha value is -1.35. The number of nitrogens with one attached hydrogen (secondary N) is 1. The topological polar surface area (TPSA) is 38.3 Å². The molecule has 0 bridgehead atoms. The number of carbonyl (C=O) groups excluding carboxylic acids is 1. The summed E-state index contributed by atoms with van der Waals surface area (Å²) in [7, 11) is 0. The van der Waals surface area contributed by atoms with Crippen molar-refractivity contribution < 1.29 is 9.53 Å².